The van der Waals surface area contributed by atoms with Crippen LogP contribution in [-0.2, 0) is 21.1 Å². The van der Waals surface area contributed by atoms with Gasteiger partial charge in [0.2, 0.25) is 5.91 Å². The standard InChI is InChI=1S/C26H26N2O5S/c1-33-24-10-6-5-9-22(24)25(29)28-23(13-14-34(2,31)32)26(30)27-19-11-12-21-18(16-19)15-17-7-3-4-8-20(17)21/h3-12,16,23H,13-15H2,1-2H3,(H,27,30)(H,28,29). The van der Waals surface area contributed by atoms with Gasteiger partial charge in [-0.05, 0) is 59.4 Å². The maximum absolute atomic E-state index is 13.1. The Morgan fingerprint density at radius 2 is 1.68 bits per heavy atom. The number of hydrogen-bond donors (Lipinski definition) is 2. The number of rotatable bonds is 8. The summed E-state index contributed by atoms with van der Waals surface area (Å²) in [6, 6.07) is 19.5. The summed E-state index contributed by atoms with van der Waals surface area (Å²) in [5, 5.41) is 5.51. The molecule has 0 aliphatic heterocycles. The number of anilines is 1. The number of fused-ring (bicyclic) bond motifs is 3. The molecule has 176 valence electrons. The van der Waals surface area contributed by atoms with Crippen molar-refractivity contribution < 1.29 is 22.7 Å². The van der Waals surface area contributed by atoms with Gasteiger partial charge < -0.3 is 15.4 Å². The molecular formula is C26H26N2O5S. The zero-order chi connectivity index (χ0) is 24.3. The van der Waals surface area contributed by atoms with E-state index < -0.39 is 27.7 Å². The third kappa shape index (κ3) is 5.28. The van der Waals surface area contributed by atoms with Crippen LogP contribution in [0.25, 0.3) is 11.1 Å². The first-order valence-corrected chi connectivity index (χ1v) is 12.9. The van der Waals surface area contributed by atoms with Crippen LogP contribution in [0.5, 0.6) is 5.75 Å². The first-order chi connectivity index (χ1) is 16.2. The largest absolute Gasteiger partial charge is 0.496 e. The minimum Gasteiger partial charge on any atom is -0.496 e. The average molecular weight is 479 g/mol. The highest BCUT2D eigenvalue weighted by atomic mass is 32.2. The van der Waals surface area contributed by atoms with Crippen LogP contribution >= 0.6 is 0 Å². The Morgan fingerprint density at radius 1 is 0.971 bits per heavy atom. The third-order valence-electron chi connectivity index (χ3n) is 5.81. The molecular weight excluding hydrogens is 452 g/mol. The quantitative estimate of drug-likeness (QED) is 0.404. The molecule has 34 heavy (non-hydrogen) atoms. The lowest BCUT2D eigenvalue weighted by molar-refractivity contribution is -0.118. The van der Waals surface area contributed by atoms with Gasteiger partial charge in [0, 0.05) is 11.9 Å². The lowest BCUT2D eigenvalue weighted by atomic mass is 10.1. The minimum atomic E-state index is -3.33. The summed E-state index contributed by atoms with van der Waals surface area (Å²) in [5.41, 5.74) is 5.50. The van der Waals surface area contributed by atoms with Crippen molar-refractivity contribution in [1.29, 1.82) is 0 Å². The fourth-order valence-corrected chi connectivity index (χ4v) is 4.79. The molecule has 1 aliphatic rings. The SMILES string of the molecule is COc1ccccc1C(=O)NC(CCS(C)(=O)=O)C(=O)Nc1ccc2c(c1)Cc1ccccc1-2. The van der Waals surface area contributed by atoms with Crippen molar-refractivity contribution in [2.75, 3.05) is 24.4 Å². The van der Waals surface area contributed by atoms with E-state index in [0.717, 1.165) is 23.8 Å². The van der Waals surface area contributed by atoms with E-state index in [9.17, 15) is 18.0 Å². The van der Waals surface area contributed by atoms with E-state index in [0.29, 0.717) is 11.4 Å². The van der Waals surface area contributed by atoms with Gasteiger partial charge in [0.1, 0.15) is 21.6 Å². The van der Waals surface area contributed by atoms with Crippen LogP contribution in [-0.4, -0.2) is 45.4 Å². The zero-order valence-electron chi connectivity index (χ0n) is 19.0. The average Bonchev–Trinajstić information content (AvgIpc) is 3.18. The summed E-state index contributed by atoms with van der Waals surface area (Å²) in [4.78, 5) is 26.0. The Morgan fingerprint density at radius 3 is 2.44 bits per heavy atom. The van der Waals surface area contributed by atoms with Crippen molar-refractivity contribution in [2.24, 2.45) is 0 Å². The van der Waals surface area contributed by atoms with Gasteiger partial charge in [-0.2, -0.15) is 0 Å². The third-order valence-corrected chi connectivity index (χ3v) is 6.79. The summed E-state index contributed by atoms with van der Waals surface area (Å²) in [6.07, 6.45) is 1.82. The van der Waals surface area contributed by atoms with Crippen LogP contribution in [0.4, 0.5) is 5.69 Å². The molecule has 1 aliphatic carbocycles. The molecule has 4 rings (SSSR count). The number of sulfone groups is 1. The first kappa shape index (κ1) is 23.5. The normalized spacial score (nSPS) is 12.9. The molecule has 1 atom stereocenters. The molecule has 0 spiro atoms. The van der Waals surface area contributed by atoms with Crippen molar-refractivity contribution in [3.63, 3.8) is 0 Å². The number of hydrogen-bond acceptors (Lipinski definition) is 5. The molecule has 7 nitrogen and oxygen atoms in total. The molecule has 2 N–H and O–H groups in total. The molecule has 0 heterocycles. The van der Waals surface area contributed by atoms with Crippen LogP contribution in [0, 0.1) is 0 Å². The predicted molar refractivity (Wildman–Crippen MR) is 132 cm³/mol. The summed E-state index contributed by atoms with van der Waals surface area (Å²) in [7, 11) is -1.88. The van der Waals surface area contributed by atoms with Gasteiger partial charge in [-0.1, -0.05) is 42.5 Å². The van der Waals surface area contributed by atoms with E-state index in [1.807, 2.05) is 30.3 Å². The van der Waals surface area contributed by atoms with Gasteiger partial charge in [0.15, 0.2) is 0 Å². The zero-order valence-corrected chi connectivity index (χ0v) is 19.8. The number of carbonyl (C=O) groups is 2. The Hall–Kier alpha value is -3.65. The molecule has 0 saturated carbocycles. The van der Waals surface area contributed by atoms with Crippen molar-refractivity contribution >= 4 is 27.3 Å². The van der Waals surface area contributed by atoms with Crippen molar-refractivity contribution in [1.82, 2.24) is 5.32 Å². The first-order valence-electron chi connectivity index (χ1n) is 10.9. The van der Waals surface area contributed by atoms with E-state index in [2.05, 4.69) is 22.8 Å². The molecule has 0 radical (unpaired) electrons. The number of nitrogens with one attached hydrogen (secondary N) is 2. The number of carbonyl (C=O) groups excluding carboxylic acids is 2. The molecule has 1 unspecified atom stereocenters. The lowest BCUT2D eigenvalue weighted by Crippen LogP contribution is -2.44. The molecule has 3 aromatic rings. The van der Waals surface area contributed by atoms with Crippen molar-refractivity contribution in [3.05, 3.63) is 83.4 Å². The van der Waals surface area contributed by atoms with Gasteiger partial charge in [0.05, 0.1) is 18.4 Å². The van der Waals surface area contributed by atoms with Crippen LogP contribution in [0.2, 0.25) is 0 Å². The van der Waals surface area contributed by atoms with Gasteiger partial charge in [-0.3, -0.25) is 9.59 Å². The van der Waals surface area contributed by atoms with Crippen LogP contribution in [0.15, 0.2) is 66.7 Å². The van der Waals surface area contributed by atoms with E-state index in [1.165, 1.54) is 18.2 Å². The predicted octanol–water partition coefficient (Wildman–Crippen LogP) is 3.44. The molecule has 3 aromatic carbocycles. The molecule has 0 aromatic heterocycles. The highest BCUT2D eigenvalue weighted by Crippen LogP contribution is 2.37. The molecule has 0 fully saturated rings. The van der Waals surface area contributed by atoms with Gasteiger partial charge in [0.25, 0.3) is 5.91 Å². The van der Waals surface area contributed by atoms with Crippen molar-refractivity contribution in [3.8, 4) is 16.9 Å². The minimum absolute atomic E-state index is 0.0536. The second-order valence-electron chi connectivity index (χ2n) is 8.34. The smallest absolute Gasteiger partial charge is 0.255 e. The fourth-order valence-electron chi connectivity index (χ4n) is 4.12. The highest BCUT2D eigenvalue weighted by Gasteiger charge is 2.25. The summed E-state index contributed by atoms with van der Waals surface area (Å²) < 4.78 is 28.7. The number of para-hydroxylation sites is 1. The van der Waals surface area contributed by atoms with E-state index in [-0.39, 0.29) is 17.7 Å². The number of amides is 2. The molecule has 8 heteroatoms. The second kappa shape index (κ2) is 9.69. The summed E-state index contributed by atoms with van der Waals surface area (Å²) in [6.45, 7) is 0. The fraction of sp³-hybridized carbons (Fsp3) is 0.231. The van der Waals surface area contributed by atoms with Gasteiger partial charge >= 0.3 is 0 Å². The topological polar surface area (TPSA) is 102 Å². The van der Waals surface area contributed by atoms with E-state index in [4.69, 9.17) is 4.74 Å². The lowest BCUT2D eigenvalue weighted by Gasteiger charge is -2.19. The Kier molecular flexibility index (Phi) is 6.70. The summed E-state index contributed by atoms with van der Waals surface area (Å²) >= 11 is 0. The van der Waals surface area contributed by atoms with Crippen LogP contribution < -0.4 is 15.4 Å². The second-order valence-corrected chi connectivity index (χ2v) is 10.6. The maximum atomic E-state index is 13.1. The Balaban J connectivity index is 1.53. The summed E-state index contributed by atoms with van der Waals surface area (Å²) in [5.74, 6) is -0.880. The van der Waals surface area contributed by atoms with Crippen LogP contribution in [0.3, 0.4) is 0 Å². The maximum Gasteiger partial charge on any atom is 0.255 e. The van der Waals surface area contributed by atoms with E-state index >= 15 is 0 Å². The van der Waals surface area contributed by atoms with Crippen molar-refractivity contribution in [2.45, 2.75) is 18.9 Å². The van der Waals surface area contributed by atoms with Crippen LogP contribution in [0.1, 0.15) is 27.9 Å². The Labute approximate surface area is 199 Å². The molecule has 0 bridgehead atoms. The number of ether oxygens (including phenoxy) is 1. The van der Waals surface area contributed by atoms with Gasteiger partial charge in [-0.25, -0.2) is 8.42 Å². The van der Waals surface area contributed by atoms with Gasteiger partial charge in [-0.15, -0.1) is 0 Å². The number of benzene rings is 3. The molecule has 0 saturated heterocycles. The molecule has 2 amide bonds. The Bertz CT molecular complexity index is 1350. The highest BCUT2D eigenvalue weighted by molar-refractivity contribution is 7.90. The number of methoxy groups -OCH3 is 1. The monoisotopic (exact) mass is 478 g/mol. The van der Waals surface area contributed by atoms with E-state index in [1.54, 1.807) is 24.3 Å².